The Morgan fingerprint density at radius 1 is 1.67 bits per heavy atom. The Balaban J connectivity index is 2.68. The second kappa shape index (κ2) is 4.16. The SMILES string of the molecule is CC1(C)C(=O)NCCN1CC(N)C(N)=O. The van der Waals surface area contributed by atoms with E-state index in [4.69, 9.17) is 11.5 Å². The molecular formula is C9H18N4O2. The first-order valence-electron chi connectivity index (χ1n) is 4.94. The van der Waals surface area contributed by atoms with Gasteiger partial charge in [-0.25, -0.2) is 0 Å². The molecule has 0 aromatic rings. The lowest BCUT2D eigenvalue weighted by molar-refractivity contribution is -0.136. The molecule has 1 unspecified atom stereocenters. The average molecular weight is 214 g/mol. The molecule has 1 fully saturated rings. The highest BCUT2D eigenvalue weighted by Crippen LogP contribution is 2.17. The fourth-order valence-electron chi connectivity index (χ4n) is 1.59. The van der Waals surface area contributed by atoms with Gasteiger partial charge in [0.05, 0.1) is 11.6 Å². The van der Waals surface area contributed by atoms with E-state index in [9.17, 15) is 9.59 Å². The van der Waals surface area contributed by atoms with E-state index in [1.807, 2.05) is 4.90 Å². The topological polar surface area (TPSA) is 101 Å². The first kappa shape index (κ1) is 11.9. The van der Waals surface area contributed by atoms with Crippen LogP contribution in [0.1, 0.15) is 13.8 Å². The lowest BCUT2D eigenvalue weighted by Gasteiger charge is -2.41. The van der Waals surface area contributed by atoms with E-state index in [0.717, 1.165) is 0 Å². The van der Waals surface area contributed by atoms with Crippen molar-refractivity contribution in [2.45, 2.75) is 25.4 Å². The third-order valence-corrected chi connectivity index (χ3v) is 2.80. The maximum absolute atomic E-state index is 11.6. The van der Waals surface area contributed by atoms with E-state index < -0.39 is 17.5 Å². The minimum atomic E-state index is -0.727. The molecule has 1 rings (SSSR count). The third-order valence-electron chi connectivity index (χ3n) is 2.80. The first-order valence-corrected chi connectivity index (χ1v) is 4.94. The highest BCUT2D eigenvalue weighted by Gasteiger charge is 2.38. The van der Waals surface area contributed by atoms with Crippen LogP contribution in [0.15, 0.2) is 0 Å². The van der Waals surface area contributed by atoms with Crippen molar-refractivity contribution in [1.82, 2.24) is 10.2 Å². The molecule has 5 N–H and O–H groups in total. The number of amides is 2. The van der Waals surface area contributed by atoms with Crippen molar-refractivity contribution in [1.29, 1.82) is 0 Å². The maximum Gasteiger partial charge on any atom is 0.240 e. The number of rotatable bonds is 3. The van der Waals surface area contributed by atoms with Gasteiger partial charge < -0.3 is 16.8 Å². The monoisotopic (exact) mass is 214 g/mol. The summed E-state index contributed by atoms with van der Waals surface area (Å²) in [7, 11) is 0. The van der Waals surface area contributed by atoms with E-state index in [-0.39, 0.29) is 5.91 Å². The minimum Gasteiger partial charge on any atom is -0.368 e. The van der Waals surface area contributed by atoms with Gasteiger partial charge in [-0.3, -0.25) is 14.5 Å². The predicted octanol–water partition coefficient (Wildman–Crippen LogP) is -1.99. The molecule has 0 aromatic heterocycles. The van der Waals surface area contributed by atoms with Crippen LogP contribution in [0.5, 0.6) is 0 Å². The molecule has 6 nitrogen and oxygen atoms in total. The lowest BCUT2D eigenvalue weighted by Crippen LogP contribution is -2.64. The van der Waals surface area contributed by atoms with E-state index >= 15 is 0 Å². The normalized spacial score (nSPS) is 23.3. The maximum atomic E-state index is 11.6. The summed E-state index contributed by atoms with van der Waals surface area (Å²) in [5.74, 6) is -0.595. The Kier molecular flexibility index (Phi) is 3.31. The van der Waals surface area contributed by atoms with Gasteiger partial charge in [-0.15, -0.1) is 0 Å². The zero-order valence-corrected chi connectivity index (χ0v) is 9.12. The van der Waals surface area contributed by atoms with Crippen LogP contribution in [0.4, 0.5) is 0 Å². The molecule has 0 aromatic carbocycles. The smallest absolute Gasteiger partial charge is 0.240 e. The number of carbonyl (C=O) groups excluding carboxylic acids is 2. The van der Waals surface area contributed by atoms with Gasteiger partial charge in [0.2, 0.25) is 11.8 Å². The molecule has 2 amide bonds. The van der Waals surface area contributed by atoms with Crippen molar-refractivity contribution < 1.29 is 9.59 Å². The molecule has 0 radical (unpaired) electrons. The molecule has 1 atom stereocenters. The quantitative estimate of drug-likeness (QED) is 0.506. The van der Waals surface area contributed by atoms with Crippen LogP contribution in [-0.2, 0) is 9.59 Å². The largest absolute Gasteiger partial charge is 0.368 e. The lowest BCUT2D eigenvalue weighted by atomic mass is 9.98. The van der Waals surface area contributed by atoms with E-state index in [0.29, 0.717) is 19.6 Å². The van der Waals surface area contributed by atoms with Gasteiger partial charge in [-0.1, -0.05) is 0 Å². The summed E-state index contributed by atoms with van der Waals surface area (Å²) in [6.45, 7) is 5.17. The first-order chi connectivity index (χ1) is 6.85. The van der Waals surface area contributed by atoms with Crippen LogP contribution < -0.4 is 16.8 Å². The van der Waals surface area contributed by atoms with Gasteiger partial charge >= 0.3 is 0 Å². The van der Waals surface area contributed by atoms with Gasteiger partial charge in [-0.2, -0.15) is 0 Å². The van der Waals surface area contributed by atoms with Gasteiger partial charge in [0.1, 0.15) is 0 Å². The number of hydrogen-bond acceptors (Lipinski definition) is 4. The molecule has 0 aliphatic carbocycles. The highest BCUT2D eigenvalue weighted by atomic mass is 16.2. The highest BCUT2D eigenvalue weighted by molar-refractivity contribution is 5.86. The second-order valence-electron chi connectivity index (χ2n) is 4.27. The average Bonchev–Trinajstić information content (AvgIpc) is 2.13. The summed E-state index contributed by atoms with van der Waals surface area (Å²) in [5, 5.41) is 2.77. The predicted molar refractivity (Wildman–Crippen MR) is 55.8 cm³/mol. The number of nitrogens with one attached hydrogen (secondary N) is 1. The Morgan fingerprint density at radius 3 is 2.80 bits per heavy atom. The zero-order chi connectivity index (χ0) is 11.6. The number of nitrogens with two attached hydrogens (primary N) is 2. The van der Waals surface area contributed by atoms with Crippen molar-refractivity contribution in [2.75, 3.05) is 19.6 Å². The molecule has 0 spiro atoms. The summed E-state index contributed by atoms with van der Waals surface area (Å²) >= 11 is 0. The number of carbonyl (C=O) groups is 2. The number of nitrogens with zero attached hydrogens (tertiary/aromatic N) is 1. The second-order valence-corrected chi connectivity index (χ2v) is 4.27. The molecule has 6 heteroatoms. The molecular weight excluding hydrogens is 196 g/mol. The van der Waals surface area contributed by atoms with Crippen molar-refractivity contribution >= 4 is 11.8 Å². The van der Waals surface area contributed by atoms with E-state index in [1.54, 1.807) is 13.8 Å². The summed E-state index contributed by atoms with van der Waals surface area (Å²) in [4.78, 5) is 24.3. The van der Waals surface area contributed by atoms with Crippen molar-refractivity contribution in [3.8, 4) is 0 Å². The molecule has 1 aliphatic rings. The summed E-state index contributed by atoms with van der Waals surface area (Å²) in [6.07, 6.45) is 0. The molecule has 1 saturated heterocycles. The Labute approximate surface area is 89.0 Å². The van der Waals surface area contributed by atoms with Crippen molar-refractivity contribution in [3.63, 3.8) is 0 Å². The molecule has 1 aliphatic heterocycles. The number of hydrogen-bond donors (Lipinski definition) is 3. The zero-order valence-electron chi connectivity index (χ0n) is 9.12. The number of primary amides is 1. The third kappa shape index (κ3) is 2.45. The summed E-state index contributed by atoms with van der Waals surface area (Å²) < 4.78 is 0. The van der Waals surface area contributed by atoms with Crippen LogP contribution in [0.3, 0.4) is 0 Å². The Bertz CT molecular complexity index is 277. The van der Waals surface area contributed by atoms with Crippen LogP contribution in [0.25, 0.3) is 0 Å². The van der Waals surface area contributed by atoms with Crippen LogP contribution in [-0.4, -0.2) is 47.9 Å². The Morgan fingerprint density at radius 2 is 2.27 bits per heavy atom. The molecule has 0 saturated carbocycles. The van der Waals surface area contributed by atoms with Crippen LogP contribution in [0.2, 0.25) is 0 Å². The van der Waals surface area contributed by atoms with Crippen LogP contribution in [0, 0.1) is 0 Å². The minimum absolute atomic E-state index is 0.0505. The van der Waals surface area contributed by atoms with Gasteiger partial charge in [0.25, 0.3) is 0 Å². The van der Waals surface area contributed by atoms with Gasteiger partial charge in [0, 0.05) is 19.6 Å². The molecule has 86 valence electrons. The van der Waals surface area contributed by atoms with E-state index in [2.05, 4.69) is 5.32 Å². The van der Waals surface area contributed by atoms with Crippen LogP contribution >= 0.6 is 0 Å². The fraction of sp³-hybridized carbons (Fsp3) is 0.778. The molecule has 15 heavy (non-hydrogen) atoms. The van der Waals surface area contributed by atoms with Crippen molar-refractivity contribution in [2.24, 2.45) is 11.5 Å². The fourth-order valence-corrected chi connectivity index (χ4v) is 1.59. The van der Waals surface area contributed by atoms with E-state index in [1.165, 1.54) is 0 Å². The summed E-state index contributed by atoms with van der Waals surface area (Å²) in [6, 6.07) is -0.727. The van der Waals surface area contributed by atoms with Gasteiger partial charge in [0.15, 0.2) is 0 Å². The number of piperazine rings is 1. The Hall–Kier alpha value is -1.14. The standard InChI is InChI=1S/C9H18N4O2/c1-9(2)8(15)12-3-4-13(9)5-6(10)7(11)14/h6H,3-5,10H2,1-2H3,(H2,11,14)(H,12,15). The van der Waals surface area contributed by atoms with Crippen molar-refractivity contribution in [3.05, 3.63) is 0 Å². The molecule has 1 heterocycles. The van der Waals surface area contributed by atoms with Gasteiger partial charge in [-0.05, 0) is 13.8 Å². The molecule has 0 bridgehead atoms. The summed E-state index contributed by atoms with van der Waals surface area (Å²) in [5.41, 5.74) is 10.0.